The molecule has 5 heteroatoms. The number of rotatable bonds is 6. The summed E-state index contributed by atoms with van der Waals surface area (Å²) < 4.78 is 18.7. The first-order valence-corrected chi connectivity index (χ1v) is 6.43. The van der Waals surface area contributed by atoms with Crippen molar-refractivity contribution in [2.75, 3.05) is 6.61 Å². The first-order valence-electron chi connectivity index (χ1n) is 5.61. The average Bonchev–Trinajstić information content (AvgIpc) is 2.33. The zero-order chi connectivity index (χ0) is 13.5. The van der Waals surface area contributed by atoms with E-state index in [0.29, 0.717) is 23.4 Å². The van der Waals surface area contributed by atoms with Crippen molar-refractivity contribution >= 4 is 23.2 Å². The number of hydrogen-bond donors (Lipinski definition) is 1. The molecule has 0 bridgehead atoms. The van der Waals surface area contributed by atoms with Gasteiger partial charge in [-0.15, -0.1) is 0 Å². The first-order chi connectivity index (χ1) is 8.51. The van der Waals surface area contributed by atoms with Crippen LogP contribution in [0.1, 0.15) is 19.4 Å². The Balaban J connectivity index is 2.68. The second-order valence-electron chi connectivity index (χ2n) is 4.18. The van der Waals surface area contributed by atoms with Crippen LogP contribution >= 0.6 is 23.2 Å². The average molecular weight is 292 g/mol. The molecule has 0 amide bonds. The van der Waals surface area contributed by atoms with E-state index in [0.717, 1.165) is 5.56 Å². The fraction of sp³-hybridized carbons (Fsp3) is 0.385. The van der Waals surface area contributed by atoms with E-state index < -0.39 is 0 Å². The van der Waals surface area contributed by atoms with Crippen LogP contribution in [0, 0.1) is 5.82 Å². The second kappa shape index (κ2) is 7.62. The topological polar surface area (TPSA) is 21.3 Å². The van der Waals surface area contributed by atoms with E-state index >= 15 is 0 Å². The summed E-state index contributed by atoms with van der Waals surface area (Å²) in [6, 6.07) is 4.90. The molecule has 2 nitrogen and oxygen atoms in total. The van der Waals surface area contributed by atoms with Gasteiger partial charge >= 0.3 is 0 Å². The number of halogens is 3. The third-order valence-electron chi connectivity index (χ3n) is 2.14. The molecule has 1 N–H and O–H groups in total. The molecule has 0 aliphatic rings. The molecular weight excluding hydrogens is 276 g/mol. The van der Waals surface area contributed by atoms with Crippen molar-refractivity contribution in [3.8, 4) is 5.75 Å². The molecule has 0 radical (unpaired) electrons. The first kappa shape index (κ1) is 15.3. The van der Waals surface area contributed by atoms with Crippen LogP contribution in [-0.4, -0.2) is 12.6 Å². The SMILES string of the molecule is CC(C)NCc1cc(F)cc(OC/C(Cl)=C/Cl)c1. The maximum Gasteiger partial charge on any atom is 0.127 e. The lowest BCUT2D eigenvalue weighted by molar-refractivity contribution is 0.356. The van der Waals surface area contributed by atoms with Gasteiger partial charge in [0.1, 0.15) is 18.2 Å². The number of nitrogens with one attached hydrogen (secondary N) is 1. The minimum absolute atomic E-state index is 0.131. The highest BCUT2D eigenvalue weighted by atomic mass is 35.5. The van der Waals surface area contributed by atoms with Crippen LogP contribution < -0.4 is 10.1 Å². The van der Waals surface area contributed by atoms with Crippen molar-refractivity contribution in [2.45, 2.75) is 26.4 Å². The van der Waals surface area contributed by atoms with Gasteiger partial charge in [0.25, 0.3) is 0 Å². The van der Waals surface area contributed by atoms with Crippen molar-refractivity contribution < 1.29 is 9.13 Å². The summed E-state index contributed by atoms with van der Waals surface area (Å²) in [6.07, 6.45) is 0. The fourth-order valence-corrected chi connectivity index (χ4v) is 1.43. The Labute approximate surface area is 117 Å². The van der Waals surface area contributed by atoms with Crippen LogP contribution in [0.25, 0.3) is 0 Å². The Morgan fingerprint density at radius 3 is 2.78 bits per heavy atom. The third kappa shape index (κ3) is 5.71. The fourth-order valence-electron chi connectivity index (χ4n) is 1.31. The van der Waals surface area contributed by atoms with E-state index in [9.17, 15) is 4.39 Å². The number of hydrogen-bond acceptors (Lipinski definition) is 2. The maximum atomic E-state index is 13.4. The minimum atomic E-state index is -0.334. The molecule has 0 saturated heterocycles. The van der Waals surface area contributed by atoms with Gasteiger partial charge in [0.15, 0.2) is 0 Å². The van der Waals surface area contributed by atoms with E-state index in [1.54, 1.807) is 6.07 Å². The van der Waals surface area contributed by atoms with Crippen LogP contribution in [0.4, 0.5) is 4.39 Å². The molecule has 100 valence electrons. The molecule has 1 aromatic rings. The molecule has 0 saturated carbocycles. The van der Waals surface area contributed by atoms with Crippen LogP contribution in [0.15, 0.2) is 28.8 Å². The zero-order valence-corrected chi connectivity index (χ0v) is 11.9. The van der Waals surface area contributed by atoms with Crippen molar-refractivity contribution in [3.63, 3.8) is 0 Å². The lowest BCUT2D eigenvalue weighted by Crippen LogP contribution is -2.21. The van der Waals surface area contributed by atoms with E-state index in [2.05, 4.69) is 5.32 Å². The molecule has 0 heterocycles. The molecule has 0 aliphatic carbocycles. The summed E-state index contributed by atoms with van der Waals surface area (Å²) in [5.74, 6) is 0.103. The molecule has 0 fully saturated rings. The Morgan fingerprint density at radius 1 is 1.44 bits per heavy atom. The Morgan fingerprint density at radius 2 is 2.17 bits per heavy atom. The third-order valence-corrected chi connectivity index (χ3v) is 2.73. The van der Waals surface area contributed by atoms with Gasteiger partial charge in [-0.1, -0.05) is 37.0 Å². The molecule has 0 atom stereocenters. The highest BCUT2D eigenvalue weighted by molar-refractivity contribution is 6.36. The summed E-state index contributed by atoms with van der Waals surface area (Å²) in [4.78, 5) is 0. The minimum Gasteiger partial charge on any atom is -0.488 e. The molecule has 0 aliphatic heterocycles. The monoisotopic (exact) mass is 291 g/mol. The van der Waals surface area contributed by atoms with Crippen LogP contribution in [0.2, 0.25) is 0 Å². The standard InChI is InChI=1S/C13H16Cl2FNO/c1-9(2)17-7-10-3-12(16)5-13(4-10)18-8-11(15)6-14/h3-6,9,17H,7-8H2,1-2H3/b11-6-. The smallest absolute Gasteiger partial charge is 0.127 e. The Bertz CT molecular complexity index is 421. The summed E-state index contributed by atoms with van der Waals surface area (Å²) >= 11 is 11.1. The molecule has 0 unspecified atom stereocenters. The van der Waals surface area contributed by atoms with Crippen LogP contribution in [-0.2, 0) is 6.54 Å². The molecule has 1 aromatic carbocycles. The van der Waals surface area contributed by atoms with Crippen molar-refractivity contribution in [2.24, 2.45) is 0 Å². The zero-order valence-electron chi connectivity index (χ0n) is 10.3. The van der Waals surface area contributed by atoms with Crippen molar-refractivity contribution in [3.05, 3.63) is 40.1 Å². The Hall–Kier alpha value is -0.770. The quantitative estimate of drug-likeness (QED) is 0.855. The number of benzene rings is 1. The Kier molecular flexibility index (Phi) is 6.47. The van der Waals surface area contributed by atoms with Gasteiger partial charge < -0.3 is 10.1 Å². The van der Waals surface area contributed by atoms with Gasteiger partial charge in [-0.3, -0.25) is 0 Å². The van der Waals surface area contributed by atoms with Crippen molar-refractivity contribution in [1.82, 2.24) is 5.32 Å². The van der Waals surface area contributed by atoms with Gasteiger partial charge in [-0.05, 0) is 17.7 Å². The molecular formula is C13H16Cl2FNO. The molecule has 18 heavy (non-hydrogen) atoms. The van der Waals surface area contributed by atoms with Gasteiger partial charge in [-0.25, -0.2) is 4.39 Å². The summed E-state index contributed by atoms with van der Waals surface area (Å²) in [5.41, 5.74) is 2.05. The second-order valence-corrected chi connectivity index (χ2v) is 4.88. The van der Waals surface area contributed by atoms with Gasteiger partial charge in [0.2, 0.25) is 0 Å². The maximum absolute atomic E-state index is 13.4. The van der Waals surface area contributed by atoms with E-state index in [-0.39, 0.29) is 12.4 Å². The van der Waals surface area contributed by atoms with Gasteiger partial charge in [0.05, 0.1) is 5.03 Å². The lowest BCUT2D eigenvalue weighted by atomic mass is 10.2. The summed E-state index contributed by atoms with van der Waals surface area (Å²) in [5, 5.41) is 3.58. The molecule has 0 spiro atoms. The van der Waals surface area contributed by atoms with E-state index in [1.807, 2.05) is 13.8 Å². The lowest BCUT2D eigenvalue weighted by Gasteiger charge is -2.10. The highest BCUT2D eigenvalue weighted by Crippen LogP contribution is 2.18. The number of ether oxygens (including phenoxy) is 1. The van der Waals surface area contributed by atoms with Gasteiger partial charge in [0, 0.05) is 24.2 Å². The largest absolute Gasteiger partial charge is 0.488 e. The molecule has 0 aromatic heterocycles. The summed E-state index contributed by atoms with van der Waals surface area (Å²) in [6.45, 7) is 4.78. The summed E-state index contributed by atoms with van der Waals surface area (Å²) in [7, 11) is 0. The van der Waals surface area contributed by atoms with Crippen LogP contribution in [0.3, 0.4) is 0 Å². The van der Waals surface area contributed by atoms with Gasteiger partial charge in [-0.2, -0.15) is 0 Å². The highest BCUT2D eigenvalue weighted by Gasteiger charge is 2.03. The van der Waals surface area contributed by atoms with E-state index in [4.69, 9.17) is 27.9 Å². The van der Waals surface area contributed by atoms with Crippen LogP contribution in [0.5, 0.6) is 5.75 Å². The van der Waals surface area contributed by atoms with E-state index in [1.165, 1.54) is 17.7 Å². The van der Waals surface area contributed by atoms with Crippen molar-refractivity contribution in [1.29, 1.82) is 0 Å². The molecule has 1 rings (SSSR count). The predicted molar refractivity (Wildman–Crippen MR) is 73.7 cm³/mol. The predicted octanol–water partition coefficient (Wildman–Crippen LogP) is 4.02. The normalized spacial score (nSPS) is 12.0.